The van der Waals surface area contributed by atoms with Crippen LogP contribution in [0.2, 0.25) is 5.04 Å². The van der Waals surface area contributed by atoms with Crippen molar-refractivity contribution in [3.63, 3.8) is 0 Å². The lowest BCUT2D eigenvalue weighted by Gasteiger charge is -2.41. The lowest BCUT2D eigenvalue weighted by Crippen LogP contribution is -2.63. The van der Waals surface area contributed by atoms with Crippen LogP contribution in [-0.4, -0.2) is 29.4 Å². The first-order valence-electron chi connectivity index (χ1n) is 11.2. The molecule has 3 aromatic rings. The zero-order valence-electron chi connectivity index (χ0n) is 19.7. The summed E-state index contributed by atoms with van der Waals surface area (Å²) in [6.45, 7) is 10.5. The molecular formula is C27H35NO2SSi. The quantitative estimate of drug-likeness (QED) is 0.494. The van der Waals surface area contributed by atoms with Crippen LogP contribution in [-0.2, 0) is 9.73 Å². The Hall–Kier alpha value is -2.21. The van der Waals surface area contributed by atoms with Crippen LogP contribution in [0.1, 0.15) is 34.6 Å². The van der Waals surface area contributed by atoms with Crippen molar-refractivity contribution in [2.24, 2.45) is 9.95 Å². The molecule has 0 unspecified atom stereocenters. The van der Waals surface area contributed by atoms with Gasteiger partial charge < -0.3 is 5.11 Å². The molecule has 3 rings (SSSR count). The molecule has 5 heteroatoms. The molecular weight excluding hydrogens is 430 g/mol. The summed E-state index contributed by atoms with van der Waals surface area (Å²) in [5, 5.41) is 12.8. The van der Waals surface area contributed by atoms with Crippen LogP contribution >= 0.6 is 0 Å². The summed E-state index contributed by atoms with van der Waals surface area (Å²) < 4.78 is 20.3. The third-order valence-electron chi connectivity index (χ3n) is 6.03. The van der Waals surface area contributed by atoms with Gasteiger partial charge in [0.05, 0.1) is 21.6 Å². The van der Waals surface area contributed by atoms with Crippen molar-refractivity contribution >= 4 is 28.3 Å². The monoisotopic (exact) mass is 465 g/mol. The van der Waals surface area contributed by atoms with E-state index in [9.17, 15) is 9.32 Å². The summed E-state index contributed by atoms with van der Waals surface area (Å²) in [7, 11) is -5.84. The van der Waals surface area contributed by atoms with Crippen LogP contribution in [0.4, 0.5) is 0 Å². The van der Waals surface area contributed by atoms with E-state index in [0.717, 1.165) is 10.4 Å². The Bertz CT molecular complexity index is 1080. The van der Waals surface area contributed by atoms with Crippen molar-refractivity contribution in [2.75, 3.05) is 5.75 Å². The maximum Gasteiger partial charge on any atom is 0.260 e. The molecule has 3 aromatic carbocycles. The van der Waals surface area contributed by atoms with Gasteiger partial charge in [-0.25, -0.2) is 4.21 Å². The van der Waals surface area contributed by atoms with Gasteiger partial charge in [0, 0.05) is 4.90 Å². The molecule has 0 heterocycles. The van der Waals surface area contributed by atoms with Gasteiger partial charge >= 0.3 is 0 Å². The Morgan fingerprint density at radius 2 is 1.22 bits per heavy atom. The Kier molecular flexibility index (Phi) is 7.43. The smallest absolute Gasteiger partial charge is 0.260 e. The number of hydrogen-bond donors (Lipinski definition) is 1. The standard InChI is InChI=1S/C27H35NO2SSi/c1-22(2)26(29)21-31(30,23-15-9-6-10-16-23)28-32(27(3,4)5,24-17-11-7-12-18-24)25-19-13-8-14-20-25/h6-20,22,26,29H,21H2,1-5H3/t26-,31+/m0/s1. The molecule has 0 aromatic heterocycles. The van der Waals surface area contributed by atoms with E-state index < -0.39 is 24.1 Å². The molecule has 0 amide bonds. The summed E-state index contributed by atoms with van der Waals surface area (Å²) in [5.41, 5.74) is 0. The van der Waals surface area contributed by atoms with Crippen molar-refractivity contribution in [3.05, 3.63) is 91.0 Å². The van der Waals surface area contributed by atoms with Gasteiger partial charge in [0.25, 0.3) is 8.24 Å². The zero-order chi connectivity index (χ0) is 23.4. The zero-order valence-corrected chi connectivity index (χ0v) is 21.5. The van der Waals surface area contributed by atoms with Gasteiger partial charge in [-0.15, -0.1) is 0 Å². The van der Waals surface area contributed by atoms with Crippen LogP contribution in [0.25, 0.3) is 0 Å². The molecule has 0 aliphatic carbocycles. The van der Waals surface area contributed by atoms with Gasteiger partial charge in [0.15, 0.2) is 0 Å². The molecule has 170 valence electrons. The Morgan fingerprint density at radius 1 is 0.812 bits per heavy atom. The summed E-state index contributed by atoms with van der Waals surface area (Å²) in [4.78, 5) is 0.688. The highest BCUT2D eigenvalue weighted by Crippen LogP contribution is 2.38. The van der Waals surface area contributed by atoms with Crippen molar-refractivity contribution in [1.82, 2.24) is 0 Å². The van der Waals surface area contributed by atoms with E-state index in [0.29, 0.717) is 4.90 Å². The molecule has 32 heavy (non-hydrogen) atoms. The van der Waals surface area contributed by atoms with E-state index in [1.165, 1.54) is 0 Å². The maximum atomic E-state index is 14.8. The van der Waals surface area contributed by atoms with Crippen LogP contribution < -0.4 is 10.4 Å². The molecule has 0 bridgehead atoms. The molecule has 0 saturated heterocycles. The second kappa shape index (κ2) is 9.73. The highest BCUT2D eigenvalue weighted by atomic mass is 32.2. The number of rotatable bonds is 7. The third kappa shape index (κ3) is 4.90. The van der Waals surface area contributed by atoms with Gasteiger partial charge in [0.1, 0.15) is 0 Å². The first kappa shape index (κ1) is 24.4. The molecule has 0 fully saturated rings. The predicted molar refractivity (Wildman–Crippen MR) is 139 cm³/mol. The number of aliphatic hydroxyl groups excluding tert-OH is 1. The topological polar surface area (TPSA) is 49.7 Å². The second-order valence-corrected chi connectivity index (χ2v) is 16.6. The minimum Gasteiger partial charge on any atom is -0.392 e. The van der Waals surface area contributed by atoms with E-state index in [4.69, 9.17) is 4.03 Å². The summed E-state index contributed by atoms with van der Waals surface area (Å²) in [5.74, 6) is 0.119. The minimum absolute atomic E-state index is 0.00566. The normalized spacial score (nSPS) is 15.2. The molecule has 0 aliphatic heterocycles. The molecule has 0 spiro atoms. The van der Waals surface area contributed by atoms with Crippen molar-refractivity contribution in [2.45, 2.75) is 50.7 Å². The number of nitrogens with zero attached hydrogens (tertiary/aromatic N) is 1. The van der Waals surface area contributed by atoms with Gasteiger partial charge in [-0.2, -0.15) is 0 Å². The Morgan fingerprint density at radius 3 is 1.59 bits per heavy atom. The fourth-order valence-corrected chi connectivity index (χ4v) is 13.6. The Balaban J connectivity index is 2.45. The van der Waals surface area contributed by atoms with E-state index in [-0.39, 0.29) is 16.7 Å². The molecule has 0 radical (unpaired) electrons. The van der Waals surface area contributed by atoms with Crippen LogP contribution in [0, 0.1) is 5.92 Å². The highest BCUT2D eigenvalue weighted by Gasteiger charge is 2.50. The van der Waals surface area contributed by atoms with Crippen LogP contribution in [0.3, 0.4) is 0 Å². The average Bonchev–Trinajstić information content (AvgIpc) is 2.78. The fourth-order valence-electron chi connectivity index (χ4n) is 4.10. The second-order valence-electron chi connectivity index (χ2n) is 9.72. The van der Waals surface area contributed by atoms with Crippen molar-refractivity contribution in [3.8, 4) is 0 Å². The average molecular weight is 466 g/mol. The van der Waals surface area contributed by atoms with E-state index in [1.807, 2.05) is 80.6 Å². The first-order valence-corrected chi connectivity index (χ1v) is 14.8. The maximum absolute atomic E-state index is 14.8. The lowest BCUT2D eigenvalue weighted by molar-refractivity contribution is 0.148. The van der Waals surface area contributed by atoms with Gasteiger partial charge in [-0.1, -0.05) is 113 Å². The number of aliphatic hydroxyl groups is 1. The first-order chi connectivity index (χ1) is 15.1. The largest absolute Gasteiger partial charge is 0.392 e. The highest BCUT2D eigenvalue weighted by molar-refractivity contribution is 7.94. The molecule has 0 aliphatic rings. The van der Waals surface area contributed by atoms with E-state index in [1.54, 1.807) is 0 Å². The summed E-state index contributed by atoms with van der Waals surface area (Å²) >= 11 is 0. The lowest BCUT2D eigenvalue weighted by atomic mass is 10.1. The molecule has 0 saturated carbocycles. The number of benzene rings is 3. The summed E-state index contributed by atoms with van der Waals surface area (Å²) in [6.07, 6.45) is -0.704. The molecule has 1 N–H and O–H groups in total. The van der Waals surface area contributed by atoms with Gasteiger partial charge in [-0.05, 0) is 33.5 Å². The van der Waals surface area contributed by atoms with Gasteiger partial charge in [0.2, 0.25) is 0 Å². The molecule has 3 nitrogen and oxygen atoms in total. The van der Waals surface area contributed by atoms with Crippen molar-refractivity contribution in [1.29, 1.82) is 0 Å². The van der Waals surface area contributed by atoms with Crippen LogP contribution in [0.5, 0.6) is 0 Å². The van der Waals surface area contributed by atoms with E-state index >= 15 is 0 Å². The van der Waals surface area contributed by atoms with Crippen LogP contribution in [0.15, 0.2) is 99.9 Å². The SMILES string of the molecule is CC(C)[C@@H](O)C[S@](=O)(=N[Si](c1ccccc1)(c1ccccc1)C(C)(C)C)c1ccccc1. The van der Waals surface area contributed by atoms with E-state index in [2.05, 4.69) is 45.0 Å². The van der Waals surface area contributed by atoms with Gasteiger partial charge in [-0.3, -0.25) is 4.03 Å². The van der Waals surface area contributed by atoms with Crippen molar-refractivity contribution < 1.29 is 9.32 Å². The predicted octanol–water partition coefficient (Wildman–Crippen LogP) is 5.09. The third-order valence-corrected chi connectivity index (χ3v) is 14.6. The number of hydrogen-bond acceptors (Lipinski definition) is 3. The molecule has 2 atom stereocenters. The minimum atomic E-state index is -2.93. The summed E-state index contributed by atoms with van der Waals surface area (Å²) in [6, 6.07) is 30.1. The fraction of sp³-hybridized carbons (Fsp3) is 0.333. The Labute approximate surface area is 194 Å².